The Kier molecular flexibility index (Phi) is 6.30. The molecule has 24 heavy (non-hydrogen) atoms. The number of nitro groups is 1. The van der Waals surface area contributed by atoms with Crippen molar-refractivity contribution in [3.63, 3.8) is 0 Å². The van der Waals surface area contributed by atoms with Gasteiger partial charge < -0.3 is 9.15 Å². The lowest BCUT2D eigenvalue weighted by molar-refractivity contribution is -0.402. The fourth-order valence-corrected chi connectivity index (χ4v) is 2.55. The second kappa shape index (κ2) is 8.44. The molecule has 0 aliphatic carbocycles. The molecule has 0 aromatic carbocycles. The van der Waals surface area contributed by atoms with Crippen molar-refractivity contribution < 1.29 is 18.9 Å². The Morgan fingerprint density at radius 3 is 2.71 bits per heavy atom. The number of hydrazone groups is 1. The van der Waals surface area contributed by atoms with Crippen LogP contribution in [0.25, 0.3) is 0 Å². The molecule has 0 saturated carbocycles. The monoisotopic (exact) mass is 338 g/mol. The van der Waals surface area contributed by atoms with Gasteiger partial charge in [-0.15, -0.1) is 0 Å². The van der Waals surface area contributed by atoms with E-state index in [2.05, 4.69) is 23.8 Å². The van der Waals surface area contributed by atoms with Crippen LogP contribution in [0.4, 0.5) is 10.7 Å². The van der Waals surface area contributed by atoms with E-state index < -0.39 is 11.0 Å². The van der Waals surface area contributed by atoms with Crippen LogP contribution in [0.5, 0.6) is 0 Å². The number of rotatable bonds is 9. The lowest BCUT2D eigenvalue weighted by Gasteiger charge is -2.23. The van der Waals surface area contributed by atoms with Gasteiger partial charge in [0.15, 0.2) is 5.76 Å². The van der Waals surface area contributed by atoms with Crippen molar-refractivity contribution in [3.05, 3.63) is 28.0 Å². The van der Waals surface area contributed by atoms with Gasteiger partial charge in [0.05, 0.1) is 18.8 Å². The zero-order valence-corrected chi connectivity index (χ0v) is 13.9. The summed E-state index contributed by atoms with van der Waals surface area (Å²) >= 11 is 0. The van der Waals surface area contributed by atoms with Gasteiger partial charge in [-0.2, -0.15) is 10.1 Å². The Labute approximate surface area is 140 Å². The lowest BCUT2D eigenvalue weighted by atomic mass is 10.3. The average Bonchev–Trinajstić information content (AvgIpc) is 3.13. The number of amides is 1. The molecule has 2 heterocycles. The van der Waals surface area contributed by atoms with E-state index in [4.69, 9.17) is 9.15 Å². The smallest absolute Gasteiger partial charge is 0.433 e. The maximum absolute atomic E-state index is 11.8. The zero-order chi connectivity index (χ0) is 17.5. The van der Waals surface area contributed by atoms with E-state index in [1.807, 2.05) is 0 Å². The molecule has 1 saturated heterocycles. The molecule has 0 radical (unpaired) electrons. The third-order valence-corrected chi connectivity index (χ3v) is 3.51. The Bertz CT molecular complexity index is 594. The van der Waals surface area contributed by atoms with E-state index in [0.717, 1.165) is 25.9 Å². The van der Waals surface area contributed by atoms with Crippen molar-refractivity contribution in [1.29, 1.82) is 0 Å². The first-order valence-electron chi connectivity index (χ1n) is 8.02. The normalized spacial score (nSPS) is 17.9. The molecule has 1 aromatic heterocycles. The summed E-state index contributed by atoms with van der Waals surface area (Å²) in [5.41, 5.74) is 0. The van der Waals surface area contributed by atoms with Crippen LogP contribution < -0.4 is 0 Å². The van der Waals surface area contributed by atoms with Crippen LogP contribution in [0.15, 0.2) is 21.7 Å². The number of carbonyl (C=O) groups excluding carboxylic acids is 1. The molecule has 0 spiro atoms. The molecule has 2 rings (SSSR count). The molecule has 1 atom stereocenters. The Balaban J connectivity index is 1.91. The minimum absolute atomic E-state index is 0.205. The molecule has 1 aliphatic heterocycles. The number of cyclic esters (lactones) is 1. The second-order valence-electron chi connectivity index (χ2n) is 5.57. The molecule has 1 amide bonds. The maximum atomic E-state index is 11.8. The fraction of sp³-hybridized carbons (Fsp3) is 0.600. The van der Waals surface area contributed by atoms with Crippen LogP contribution in [-0.4, -0.2) is 59.4 Å². The SMILES string of the molecule is CCCN(CCC)CC1CN(N=Cc2ccc([N+](=O)[O-])o2)C(=O)O1. The first kappa shape index (κ1) is 17.9. The largest absolute Gasteiger partial charge is 0.441 e. The minimum Gasteiger partial charge on any atom is -0.441 e. The first-order valence-corrected chi connectivity index (χ1v) is 8.02. The summed E-state index contributed by atoms with van der Waals surface area (Å²) < 4.78 is 10.3. The van der Waals surface area contributed by atoms with Gasteiger partial charge in [0, 0.05) is 6.54 Å². The van der Waals surface area contributed by atoms with Gasteiger partial charge in [0.1, 0.15) is 11.0 Å². The summed E-state index contributed by atoms with van der Waals surface area (Å²) in [5, 5.41) is 15.8. The molecular formula is C15H22N4O5. The molecule has 1 fully saturated rings. The summed E-state index contributed by atoms with van der Waals surface area (Å²) in [4.78, 5) is 24.0. The predicted molar refractivity (Wildman–Crippen MR) is 87.0 cm³/mol. The average molecular weight is 338 g/mol. The summed E-state index contributed by atoms with van der Waals surface area (Å²) in [6, 6.07) is 2.66. The first-order chi connectivity index (χ1) is 11.5. The number of hydrogen-bond donors (Lipinski definition) is 0. The summed E-state index contributed by atoms with van der Waals surface area (Å²) in [5.74, 6) is -0.162. The van der Waals surface area contributed by atoms with Crippen molar-refractivity contribution in [3.8, 4) is 0 Å². The molecule has 0 bridgehead atoms. The van der Waals surface area contributed by atoms with Crippen LogP contribution in [-0.2, 0) is 4.74 Å². The number of carbonyl (C=O) groups is 1. The van der Waals surface area contributed by atoms with Crippen LogP contribution in [0.1, 0.15) is 32.4 Å². The lowest BCUT2D eigenvalue weighted by Crippen LogP contribution is -2.35. The van der Waals surface area contributed by atoms with Crippen LogP contribution in [0.2, 0.25) is 0 Å². The zero-order valence-electron chi connectivity index (χ0n) is 13.9. The fourth-order valence-electron chi connectivity index (χ4n) is 2.55. The molecule has 132 valence electrons. The Hall–Kier alpha value is -2.42. The van der Waals surface area contributed by atoms with Gasteiger partial charge in [-0.1, -0.05) is 13.8 Å². The van der Waals surface area contributed by atoms with Crippen molar-refractivity contribution in [2.24, 2.45) is 5.10 Å². The standard InChI is InChI=1S/C15H22N4O5/c1-3-7-17(8-4-2)10-13-11-18(15(20)24-13)16-9-12-5-6-14(23-12)19(21)22/h5-6,9,13H,3-4,7-8,10-11H2,1-2H3. The summed E-state index contributed by atoms with van der Waals surface area (Å²) in [6.07, 6.45) is 2.59. The van der Waals surface area contributed by atoms with E-state index in [-0.39, 0.29) is 17.7 Å². The molecule has 0 N–H and O–H groups in total. The van der Waals surface area contributed by atoms with E-state index in [1.165, 1.54) is 23.4 Å². The van der Waals surface area contributed by atoms with Gasteiger partial charge in [-0.3, -0.25) is 15.0 Å². The number of nitrogens with zero attached hydrogens (tertiary/aromatic N) is 4. The van der Waals surface area contributed by atoms with Crippen LogP contribution in [0.3, 0.4) is 0 Å². The molecule has 1 unspecified atom stereocenters. The highest BCUT2D eigenvalue weighted by Crippen LogP contribution is 2.16. The number of ether oxygens (including phenoxy) is 1. The topological polar surface area (TPSA) is 101 Å². The number of hydrogen-bond acceptors (Lipinski definition) is 7. The van der Waals surface area contributed by atoms with E-state index in [9.17, 15) is 14.9 Å². The minimum atomic E-state index is -0.631. The van der Waals surface area contributed by atoms with Gasteiger partial charge in [0.2, 0.25) is 0 Å². The van der Waals surface area contributed by atoms with Crippen molar-refractivity contribution in [2.45, 2.75) is 32.8 Å². The highest BCUT2D eigenvalue weighted by Gasteiger charge is 2.32. The van der Waals surface area contributed by atoms with Gasteiger partial charge in [-0.05, 0) is 32.0 Å². The Morgan fingerprint density at radius 1 is 1.42 bits per heavy atom. The van der Waals surface area contributed by atoms with E-state index >= 15 is 0 Å². The molecule has 9 heteroatoms. The van der Waals surface area contributed by atoms with Gasteiger partial charge >= 0.3 is 12.0 Å². The second-order valence-corrected chi connectivity index (χ2v) is 5.57. The van der Waals surface area contributed by atoms with E-state index in [1.54, 1.807) is 0 Å². The van der Waals surface area contributed by atoms with Crippen molar-refractivity contribution in [2.75, 3.05) is 26.2 Å². The predicted octanol–water partition coefficient (Wildman–Crippen LogP) is 2.46. The highest BCUT2D eigenvalue weighted by atomic mass is 16.6. The summed E-state index contributed by atoms with van der Waals surface area (Å²) in [7, 11) is 0. The van der Waals surface area contributed by atoms with Crippen molar-refractivity contribution in [1.82, 2.24) is 9.91 Å². The maximum Gasteiger partial charge on any atom is 0.433 e. The van der Waals surface area contributed by atoms with Crippen LogP contribution in [0, 0.1) is 10.1 Å². The molecule has 1 aliphatic rings. The van der Waals surface area contributed by atoms with Crippen LogP contribution >= 0.6 is 0 Å². The molecule has 1 aromatic rings. The van der Waals surface area contributed by atoms with E-state index in [0.29, 0.717) is 13.1 Å². The number of furan rings is 1. The van der Waals surface area contributed by atoms with Gasteiger partial charge in [0.25, 0.3) is 0 Å². The van der Waals surface area contributed by atoms with Gasteiger partial charge in [-0.25, -0.2) is 4.79 Å². The Morgan fingerprint density at radius 2 is 2.12 bits per heavy atom. The quantitative estimate of drug-likeness (QED) is 0.389. The highest BCUT2D eigenvalue weighted by molar-refractivity contribution is 5.78. The van der Waals surface area contributed by atoms with Crippen molar-refractivity contribution >= 4 is 18.2 Å². The third-order valence-electron chi connectivity index (χ3n) is 3.51. The summed E-state index contributed by atoms with van der Waals surface area (Å²) in [6.45, 7) is 7.17. The molecule has 9 nitrogen and oxygen atoms in total. The third kappa shape index (κ3) is 4.79. The molecular weight excluding hydrogens is 316 g/mol.